The first-order valence-electron chi connectivity index (χ1n) is 22.5. The molecule has 0 bridgehead atoms. The normalized spacial score (nSPS) is 14.0. The molecular weight excluding hydrogens is 745 g/mol. The van der Waals surface area contributed by atoms with Gasteiger partial charge in [-0.2, -0.15) is 0 Å². The topological polar surface area (TPSA) is 169 Å². The molecule has 0 aliphatic rings. The van der Waals surface area contributed by atoms with E-state index < -0.39 is 57.6 Å². The molecule has 0 aromatic rings. The third-order valence-corrected chi connectivity index (χ3v) is 10.6. The van der Waals surface area contributed by atoms with E-state index in [-0.39, 0.29) is 12.8 Å². The summed E-state index contributed by atoms with van der Waals surface area (Å²) in [7, 11) is -4.76. The lowest BCUT2D eigenvalue weighted by molar-refractivity contribution is -0.147. The highest BCUT2D eigenvalue weighted by molar-refractivity contribution is 7.47. The Kier molecular flexibility index (Phi) is 38.8. The van der Waals surface area contributed by atoms with E-state index in [2.05, 4.69) is 55.6 Å². The Hall–Kier alpha value is -2.30. The maximum atomic E-state index is 12.3. The molecule has 0 fully saturated rings. The van der Waals surface area contributed by atoms with Gasteiger partial charge in [0, 0.05) is 12.8 Å². The van der Waals surface area contributed by atoms with Crippen molar-refractivity contribution in [3.63, 3.8) is 0 Å². The van der Waals surface area contributed by atoms with Crippen molar-refractivity contribution in [2.75, 3.05) is 19.8 Å². The van der Waals surface area contributed by atoms with Crippen LogP contribution in [0.2, 0.25) is 0 Å². The first-order valence-corrected chi connectivity index (χ1v) is 24.0. The molecule has 0 saturated heterocycles. The molecule has 0 aliphatic heterocycles. The van der Waals surface area contributed by atoms with Crippen LogP contribution in [-0.2, 0) is 32.7 Å². The number of esters is 1. The highest BCUT2D eigenvalue weighted by Crippen LogP contribution is 2.43. The van der Waals surface area contributed by atoms with Crippen LogP contribution in [-0.4, -0.2) is 64.9 Å². The number of nitrogens with one attached hydrogen (secondary N) is 1. The van der Waals surface area contributed by atoms with Crippen molar-refractivity contribution in [3.05, 3.63) is 36.5 Å². The van der Waals surface area contributed by atoms with Gasteiger partial charge in [-0.1, -0.05) is 179 Å². The SMILES string of the molecule is CC/C=C\C/C=C\C/C=C\CCCCCCCCCC(=O)OCC(O)COP(=O)(O)OCC(NC(=O)CCCCCCCCCCCCCCCCCC)C(=O)O. The van der Waals surface area contributed by atoms with Gasteiger partial charge >= 0.3 is 19.8 Å². The summed E-state index contributed by atoms with van der Waals surface area (Å²) in [5, 5.41) is 21.8. The van der Waals surface area contributed by atoms with Crippen LogP contribution < -0.4 is 5.32 Å². The number of allylic oxidation sites excluding steroid dienone is 6. The summed E-state index contributed by atoms with van der Waals surface area (Å²) in [4.78, 5) is 45.9. The minimum atomic E-state index is -4.76. The molecule has 0 rings (SSSR count). The van der Waals surface area contributed by atoms with Crippen LogP contribution in [0.1, 0.15) is 200 Å². The number of amides is 1. The number of carbonyl (C=O) groups is 3. The fraction of sp³-hybridized carbons (Fsp3) is 0.800. The van der Waals surface area contributed by atoms with Crippen molar-refractivity contribution in [1.82, 2.24) is 5.32 Å². The Bertz CT molecular complexity index is 1110. The molecule has 3 unspecified atom stereocenters. The second-order valence-corrected chi connectivity index (χ2v) is 16.7. The fourth-order valence-electron chi connectivity index (χ4n) is 6.21. The van der Waals surface area contributed by atoms with Gasteiger partial charge in [0.05, 0.1) is 13.2 Å². The summed E-state index contributed by atoms with van der Waals surface area (Å²) < 4.78 is 26.8. The smallest absolute Gasteiger partial charge is 0.472 e. The number of carbonyl (C=O) groups excluding carboxylic acids is 2. The molecule has 11 nitrogen and oxygen atoms in total. The van der Waals surface area contributed by atoms with E-state index in [1.807, 2.05) is 0 Å². The van der Waals surface area contributed by atoms with E-state index in [1.165, 1.54) is 89.9 Å². The fourth-order valence-corrected chi connectivity index (χ4v) is 6.98. The van der Waals surface area contributed by atoms with E-state index >= 15 is 0 Å². The number of aliphatic hydroxyl groups is 1. The van der Waals surface area contributed by atoms with Gasteiger partial charge in [-0.05, 0) is 44.9 Å². The molecule has 0 heterocycles. The van der Waals surface area contributed by atoms with Gasteiger partial charge in [-0.25, -0.2) is 9.36 Å². The quantitative estimate of drug-likeness (QED) is 0.0201. The summed E-state index contributed by atoms with van der Waals surface area (Å²) in [6, 6.07) is -1.54. The molecule has 0 aromatic heterocycles. The maximum absolute atomic E-state index is 12.3. The predicted octanol–water partition coefficient (Wildman–Crippen LogP) is 11.6. The average molecular weight is 828 g/mol. The zero-order valence-electron chi connectivity index (χ0n) is 35.9. The van der Waals surface area contributed by atoms with E-state index in [9.17, 15) is 34.1 Å². The lowest BCUT2D eigenvalue weighted by Crippen LogP contribution is -2.43. The van der Waals surface area contributed by atoms with E-state index in [1.54, 1.807) is 0 Å². The molecular formula is C45H82NO10P. The highest BCUT2D eigenvalue weighted by Gasteiger charge is 2.28. The van der Waals surface area contributed by atoms with Crippen molar-refractivity contribution < 1.29 is 47.8 Å². The van der Waals surface area contributed by atoms with Gasteiger partial charge in [0.2, 0.25) is 5.91 Å². The molecule has 4 N–H and O–H groups in total. The largest absolute Gasteiger partial charge is 0.480 e. The maximum Gasteiger partial charge on any atom is 0.472 e. The molecule has 0 saturated carbocycles. The van der Waals surface area contributed by atoms with Gasteiger partial charge in [0.15, 0.2) is 6.04 Å². The van der Waals surface area contributed by atoms with Crippen LogP contribution in [0.4, 0.5) is 0 Å². The van der Waals surface area contributed by atoms with Crippen LogP contribution in [0, 0.1) is 0 Å². The monoisotopic (exact) mass is 828 g/mol. The number of carboxylic acid groups (broad SMARTS) is 1. The van der Waals surface area contributed by atoms with Gasteiger partial charge in [0.1, 0.15) is 12.7 Å². The number of rotatable bonds is 42. The zero-order chi connectivity index (χ0) is 42.1. The number of phosphoric ester groups is 1. The summed E-state index contributed by atoms with van der Waals surface area (Å²) in [6.45, 7) is 2.49. The number of hydrogen-bond donors (Lipinski definition) is 4. The zero-order valence-corrected chi connectivity index (χ0v) is 36.8. The average Bonchev–Trinajstić information content (AvgIpc) is 3.18. The molecule has 0 aromatic carbocycles. The number of aliphatic hydroxyl groups excluding tert-OH is 1. The summed E-state index contributed by atoms with van der Waals surface area (Å²) in [6.07, 6.45) is 43.0. The Balaban J connectivity index is 3.89. The first-order chi connectivity index (χ1) is 27.6. The Morgan fingerprint density at radius 2 is 1.02 bits per heavy atom. The minimum absolute atomic E-state index is 0.148. The van der Waals surface area contributed by atoms with Crippen LogP contribution in [0.25, 0.3) is 0 Å². The van der Waals surface area contributed by atoms with Gasteiger partial charge < -0.3 is 25.2 Å². The van der Waals surface area contributed by atoms with Gasteiger partial charge in [-0.3, -0.25) is 18.6 Å². The van der Waals surface area contributed by atoms with Crippen molar-refractivity contribution in [2.45, 2.75) is 212 Å². The molecule has 3 atom stereocenters. The van der Waals surface area contributed by atoms with E-state index in [0.717, 1.165) is 70.6 Å². The molecule has 0 aliphatic carbocycles. The third kappa shape index (κ3) is 40.3. The van der Waals surface area contributed by atoms with Crippen molar-refractivity contribution in [2.24, 2.45) is 0 Å². The summed E-state index contributed by atoms with van der Waals surface area (Å²) >= 11 is 0. The standard InChI is InChI=1S/C45H82NO10P/c1-3-5-7-9-11-13-15-17-19-21-23-25-27-29-31-33-35-37-44(49)54-38-41(47)39-55-57(52,53)56-40-42(45(50)51)46-43(48)36-34-32-30-28-26-24-22-20-18-16-14-12-10-8-6-4-2/h5,7,11,13,17,19,41-42,47H,3-4,6,8-10,12,14-16,18,20-40H2,1-2H3,(H,46,48)(H,50,51)(H,52,53)/b7-5-,13-11-,19-17-. The number of aliphatic carboxylic acids is 1. The Morgan fingerprint density at radius 1 is 0.579 bits per heavy atom. The predicted molar refractivity (Wildman–Crippen MR) is 231 cm³/mol. The van der Waals surface area contributed by atoms with Crippen molar-refractivity contribution >= 4 is 25.7 Å². The Morgan fingerprint density at radius 3 is 1.53 bits per heavy atom. The van der Waals surface area contributed by atoms with Gasteiger partial charge in [0.25, 0.3) is 0 Å². The number of unbranched alkanes of at least 4 members (excludes halogenated alkanes) is 22. The molecule has 0 spiro atoms. The lowest BCUT2D eigenvalue weighted by Gasteiger charge is -2.18. The van der Waals surface area contributed by atoms with Crippen LogP contribution in [0.5, 0.6) is 0 Å². The minimum Gasteiger partial charge on any atom is -0.480 e. The molecule has 12 heteroatoms. The Labute approximate surface area is 346 Å². The van der Waals surface area contributed by atoms with Crippen LogP contribution in [0.3, 0.4) is 0 Å². The van der Waals surface area contributed by atoms with E-state index in [0.29, 0.717) is 12.8 Å². The van der Waals surface area contributed by atoms with Crippen LogP contribution >= 0.6 is 7.82 Å². The first kappa shape index (κ1) is 54.7. The summed E-state index contributed by atoms with van der Waals surface area (Å²) in [5.41, 5.74) is 0. The van der Waals surface area contributed by atoms with Crippen molar-refractivity contribution in [1.29, 1.82) is 0 Å². The number of phosphoric acid groups is 1. The second kappa shape index (κ2) is 40.5. The highest BCUT2D eigenvalue weighted by atomic mass is 31.2. The number of hydrogen-bond acceptors (Lipinski definition) is 8. The summed E-state index contributed by atoms with van der Waals surface area (Å²) in [5.74, 6) is -2.38. The molecule has 57 heavy (non-hydrogen) atoms. The number of ether oxygens (including phenoxy) is 1. The lowest BCUT2D eigenvalue weighted by atomic mass is 10.0. The van der Waals surface area contributed by atoms with Gasteiger partial charge in [-0.15, -0.1) is 0 Å². The molecule has 0 radical (unpaired) electrons. The molecule has 1 amide bonds. The number of carboxylic acids is 1. The second-order valence-electron chi connectivity index (χ2n) is 15.2. The molecule has 332 valence electrons. The third-order valence-electron chi connectivity index (χ3n) is 9.69. The van der Waals surface area contributed by atoms with Crippen molar-refractivity contribution in [3.8, 4) is 0 Å². The van der Waals surface area contributed by atoms with Crippen LogP contribution in [0.15, 0.2) is 36.5 Å². The van der Waals surface area contributed by atoms with E-state index in [4.69, 9.17) is 13.8 Å².